The third-order valence-electron chi connectivity index (χ3n) is 6.88. The van der Waals surface area contributed by atoms with Gasteiger partial charge in [-0.3, -0.25) is 14.6 Å². The average molecular weight is 549 g/mol. The average Bonchev–Trinajstić information content (AvgIpc) is 3.25. The van der Waals surface area contributed by atoms with Crippen molar-refractivity contribution >= 4 is 23.4 Å². The molecular formula is C33H28N2O6. The highest BCUT2D eigenvalue weighted by Crippen LogP contribution is 2.40. The van der Waals surface area contributed by atoms with E-state index in [2.05, 4.69) is 4.98 Å². The van der Waals surface area contributed by atoms with Crippen molar-refractivity contribution in [2.75, 3.05) is 7.11 Å². The largest absolute Gasteiger partial charge is 0.507 e. The second kappa shape index (κ2) is 11.9. The van der Waals surface area contributed by atoms with Gasteiger partial charge in [0.05, 0.1) is 24.3 Å². The summed E-state index contributed by atoms with van der Waals surface area (Å²) in [6, 6.07) is 23.8. The van der Waals surface area contributed by atoms with Gasteiger partial charge in [0.25, 0.3) is 11.7 Å². The molecule has 8 heteroatoms. The molecule has 1 aliphatic rings. The molecule has 0 spiro atoms. The first-order valence-corrected chi connectivity index (χ1v) is 13.0. The number of aryl methyl sites for hydroxylation is 1. The van der Waals surface area contributed by atoms with Crippen LogP contribution in [0.1, 0.15) is 44.2 Å². The molecule has 1 aliphatic heterocycles. The molecule has 0 bridgehead atoms. The molecule has 1 atom stereocenters. The van der Waals surface area contributed by atoms with Gasteiger partial charge >= 0.3 is 5.97 Å². The zero-order valence-corrected chi connectivity index (χ0v) is 22.6. The van der Waals surface area contributed by atoms with Gasteiger partial charge in [0.15, 0.2) is 0 Å². The van der Waals surface area contributed by atoms with Gasteiger partial charge < -0.3 is 19.5 Å². The Labute approximate surface area is 237 Å². The molecule has 41 heavy (non-hydrogen) atoms. The van der Waals surface area contributed by atoms with E-state index < -0.39 is 23.7 Å². The minimum atomic E-state index is -0.890. The number of rotatable bonds is 8. The number of amides is 1. The number of Topliss-reactive ketones (excluding diaryl/α,β-unsaturated/α-hetero) is 1. The van der Waals surface area contributed by atoms with Crippen LogP contribution in [-0.4, -0.2) is 39.8 Å². The molecule has 1 N–H and O–H groups in total. The van der Waals surface area contributed by atoms with Gasteiger partial charge in [-0.15, -0.1) is 0 Å². The zero-order chi connectivity index (χ0) is 28.9. The van der Waals surface area contributed by atoms with Crippen LogP contribution in [0.3, 0.4) is 0 Å². The van der Waals surface area contributed by atoms with Crippen LogP contribution in [-0.2, 0) is 27.5 Å². The second-order valence-electron chi connectivity index (χ2n) is 9.70. The first-order valence-electron chi connectivity index (χ1n) is 13.0. The maximum Gasteiger partial charge on any atom is 0.337 e. The van der Waals surface area contributed by atoms with Crippen molar-refractivity contribution in [1.82, 2.24) is 9.88 Å². The Morgan fingerprint density at radius 2 is 1.63 bits per heavy atom. The lowest BCUT2D eigenvalue weighted by Crippen LogP contribution is -2.29. The number of pyridine rings is 1. The molecule has 206 valence electrons. The number of likely N-dealkylation sites (tertiary alicyclic amines) is 1. The second-order valence-corrected chi connectivity index (χ2v) is 9.70. The van der Waals surface area contributed by atoms with Crippen LogP contribution in [0.2, 0.25) is 0 Å². The summed E-state index contributed by atoms with van der Waals surface area (Å²) in [7, 11) is 1.29. The first kappa shape index (κ1) is 27.3. The van der Waals surface area contributed by atoms with Crippen molar-refractivity contribution in [2.45, 2.75) is 26.1 Å². The van der Waals surface area contributed by atoms with Crippen molar-refractivity contribution in [3.63, 3.8) is 0 Å². The van der Waals surface area contributed by atoms with Gasteiger partial charge in [-0.1, -0.05) is 48.0 Å². The van der Waals surface area contributed by atoms with E-state index in [4.69, 9.17) is 9.47 Å². The van der Waals surface area contributed by atoms with E-state index in [9.17, 15) is 19.5 Å². The minimum absolute atomic E-state index is 0.0434. The van der Waals surface area contributed by atoms with Gasteiger partial charge in [0, 0.05) is 24.5 Å². The fourth-order valence-corrected chi connectivity index (χ4v) is 4.83. The summed E-state index contributed by atoms with van der Waals surface area (Å²) in [5.74, 6) is -1.76. The quantitative estimate of drug-likeness (QED) is 0.136. The van der Waals surface area contributed by atoms with Crippen molar-refractivity contribution in [3.8, 4) is 5.75 Å². The molecule has 0 unspecified atom stereocenters. The number of aliphatic hydroxyl groups is 1. The van der Waals surface area contributed by atoms with Crippen LogP contribution in [0, 0.1) is 6.92 Å². The molecule has 1 aromatic heterocycles. The predicted molar refractivity (Wildman–Crippen MR) is 152 cm³/mol. The van der Waals surface area contributed by atoms with Gasteiger partial charge in [0.2, 0.25) is 0 Å². The summed E-state index contributed by atoms with van der Waals surface area (Å²) in [5, 5.41) is 11.4. The number of nitrogens with zero attached hydrogens (tertiary/aromatic N) is 2. The van der Waals surface area contributed by atoms with Gasteiger partial charge in [-0.2, -0.15) is 0 Å². The number of ketones is 1. The van der Waals surface area contributed by atoms with Crippen LogP contribution < -0.4 is 4.74 Å². The third-order valence-corrected chi connectivity index (χ3v) is 6.88. The van der Waals surface area contributed by atoms with Gasteiger partial charge in [-0.05, 0) is 66.1 Å². The molecule has 2 heterocycles. The maximum absolute atomic E-state index is 13.4. The number of ether oxygens (including phenoxy) is 2. The lowest BCUT2D eigenvalue weighted by Gasteiger charge is -2.25. The molecule has 0 radical (unpaired) electrons. The van der Waals surface area contributed by atoms with E-state index in [0.29, 0.717) is 29.0 Å². The zero-order valence-electron chi connectivity index (χ0n) is 22.6. The smallest absolute Gasteiger partial charge is 0.337 e. The van der Waals surface area contributed by atoms with E-state index in [0.717, 1.165) is 16.7 Å². The number of hydrogen-bond donors (Lipinski definition) is 1. The normalized spacial score (nSPS) is 16.0. The summed E-state index contributed by atoms with van der Waals surface area (Å²) in [6.07, 6.45) is 3.24. The lowest BCUT2D eigenvalue weighted by atomic mass is 9.94. The molecule has 1 saturated heterocycles. The number of esters is 1. The Kier molecular flexibility index (Phi) is 7.92. The van der Waals surface area contributed by atoms with E-state index in [-0.39, 0.29) is 17.9 Å². The van der Waals surface area contributed by atoms with Crippen molar-refractivity contribution in [1.29, 1.82) is 0 Å². The van der Waals surface area contributed by atoms with Crippen LogP contribution in [0.5, 0.6) is 5.75 Å². The first-order chi connectivity index (χ1) is 19.9. The molecule has 3 aromatic carbocycles. The highest BCUT2D eigenvalue weighted by atomic mass is 16.5. The molecule has 4 aromatic rings. The van der Waals surface area contributed by atoms with E-state index in [1.807, 2.05) is 31.2 Å². The molecule has 1 amide bonds. The summed E-state index contributed by atoms with van der Waals surface area (Å²) in [5.41, 5.74) is 4.09. The number of aromatic nitrogens is 1. The van der Waals surface area contributed by atoms with Crippen molar-refractivity contribution < 1.29 is 29.0 Å². The summed E-state index contributed by atoms with van der Waals surface area (Å²) < 4.78 is 10.7. The predicted octanol–water partition coefficient (Wildman–Crippen LogP) is 5.38. The Morgan fingerprint density at radius 3 is 2.29 bits per heavy atom. The Balaban J connectivity index is 1.48. The molecule has 5 rings (SSSR count). The number of benzene rings is 3. The van der Waals surface area contributed by atoms with Crippen LogP contribution >= 0.6 is 0 Å². The number of hydrogen-bond acceptors (Lipinski definition) is 7. The van der Waals surface area contributed by atoms with E-state index in [1.165, 1.54) is 12.0 Å². The Bertz CT molecular complexity index is 1610. The number of carbonyl (C=O) groups is 3. The molecular weight excluding hydrogens is 520 g/mol. The number of carbonyl (C=O) groups excluding carboxylic acids is 3. The molecule has 8 nitrogen and oxygen atoms in total. The van der Waals surface area contributed by atoms with Crippen LogP contribution in [0.25, 0.3) is 5.76 Å². The Hall–Kier alpha value is -5.24. The monoisotopic (exact) mass is 548 g/mol. The highest BCUT2D eigenvalue weighted by Gasteiger charge is 2.46. The molecule has 1 fully saturated rings. The van der Waals surface area contributed by atoms with Gasteiger partial charge in [-0.25, -0.2) is 4.79 Å². The topological polar surface area (TPSA) is 106 Å². The third kappa shape index (κ3) is 5.86. The highest BCUT2D eigenvalue weighted by molar-refractivity contribution is 6.46. The standard InChI is InChI=1S/C33H28N2O6/c1-21-5-3-6-22(17-21)20-41-27-14-12-25(13-15-27)30(36)28-29(24-8-10-26(11-9-24)33(39)40-2)35(32(38)31(28)37)19-23-7-4-16-34-18-23/h3-18,29,36H,19-20H2,1-2H3/b30-28+/t29-/m1/s1. The summed E-state index contributed by atoms with van der Waals surface area (Å²) >= 11 is 0. The fourth-order valence-electron chi connectivity index (χ4n) is 4.83. The van der Waals surface area contributed by atoms with Crippen molar-refractivity contribution in [2.24, 2.45) is 0 Å². The minimum Gasteiger partial charge on any atom is -0.507 e. The van der Waals surface area contributed by atoms with E-state index in [1.54, 1.807) is 73.1 Å². The Morgan fingerprint density at radius 1 is 0.927 bits per heavy atom. The molecule has 0 aliphatic carbocycles. The molecule has 0 saturated carbocycles. The summed E-state index contributed by atoms with van der Waals surface area (Å²) in [4.78, 5) is 44.1. The lowest BCUT2D eigenvalue weighted by molar-refractivity contribution is -0.140. The van der Waals surface area contributed by atoms with Gasteiger partial charge in [0.1, 0.15) is 18.1 Å². The van der Waals surface area contributed by atoms with E-state index >= 15 is 0 Å². The van der Waals surface area contributed by atoms with Crippen LogP contribution in [0.4, 0.5) is 0 Å². The summed E-state index contributed by atoms with van der Waals surface area (Å²) in [6.45, 7) is 2.50. The maximum atomic E-state index is 13.4. The fraction of sp³-hybridized carbons (Fsp3) is 0.152. The number of methoxy groups -OCH3 is 1. The van der Waals surface area contributed by atoms with Crippen molar-refractivity contribution in [3.05, 3.63) is 136 Å². The SMILES string of the molecule is COC(=O)c1ccc([C@@H]2/C(=C(\O)c3ccc(OCc4cccc(C)c4)cc3)C(=O)C(=O)N2Cc2cccnc2)cc1. The number of aliphatic hydroxyl groups excluding tert-OH is 1. The van der Waals surface area contributed by atoms with Crippen LogP contribution in [0.15, 0.2) is 103 Å².